The first-order valence-electron chi connectivity index (χ1n) is 9.25. The molecular formula is C22H26FNO3. The van der Waals surface area contributed by atoms with Crippen molar-refractivity contribution in [1.82, 2.24) is 4.90 Å². The van der Waals surface area contributed by atoms with E-state index in [1.807, 2.05) is 36.4 Å². The predicted octanol–water partition coefficient (Wildman–Crippen LogP) is 3.37. The Balaban J connectivity index is 1.52. The van der Waals surface area contributed by atoms with Crippen molar-refractivity contribution in [2.75, 3.05) is 32.8 Å². The van der Waals surface area contributed by atoms with Crippen LogP contribution in [-0.4, -0.2) is 49.0 Å². The first kappa shape index (κ1) is 19.5. The van der Waals surface area contributed by atoms with Gasteiger partial charge < -0.3 is 14.6 Å². The fourth-order valence-corrected chi connectivity index (χ4v) is 3.28. The number of ether oxygens (including phenoxy) is 2. The number of rotatable bonds is 8. The van der Waals surface area contributed by atoms with Crippen molar-refractivity contribution in [3.63, 3.8) is 0 Å². The Kier molecular flexibility index (Phi) is 6.98. The first-order chi connectivity index (χ1) is 13.2. The van der Waals surface area contributed by atoms with E-state index in [0.717, 1.165) is 29.8 Å². The third-order valence-corrected chi connectivity index (χ3v) is 4.61. The second-order valence-corrected chi connectivity index (χ2v) is 6.74. The van der Waals surface area contributed by atoms with Gasteiger partial charge in [0.1, 0.15) is 24.3 Å². The average molecular weight is 371 g/mol. The Hall–Kier alpha value is -2.21. The van der Waals surface area contributed by atoms with E-state index in [9.17, 15) is 9.50 Å². The predicted molar refractivity (Wildman–Crippen MR) is 103 cm³/mol. The van der Waals surface area contributed by atoms with Gasteiger partial charge in [0.2, 0.25) is 0 Å². The average Bonchev–Trinajstić information content (AvgIpc) is 2.68. The minimum Gasteiger partial charge on any atom is -0.491 e. The van der Waals surface area contributed by atoms with E-state index in [1.165, 1.54) is 12.1 Å². The molecule has 4 nitrogen and oxygen atoms in total. The molecule has 1 aliphatic rings. The molecule has 1 fully saturated rings. The van der Waals surface area contributed by atoms with Crippen molar-refractivity contribution in [3.8, 4) is 5.75 Å². The molecule has 2 unspecified atom stereocenters. The van der Waals surface area contributed by atoms with Crippen LogP contribution < -0.4 is 4.74 Å². The van der Waals surface area contributed by atoms with Gasteiger partial charge in [0.25, 0.3) is 0 Å². The molecular weight excluding hydrogens is 345 g/mol. The molecule has 1 saturated heterocycles. The third-order valence-electron chi connectivity index (χ3n) is 4.61. The molecule has 0 bridgehead atoms. The molecule has 1 aliphatic heterocycles. The number of hydrogen-bond donors (Lipinski definition) is 1. The molecule has 5 heteroatoms. The molecule has 3 rings (SSSR count). The van der Waals surface area contributed by atoms with Gasteiger partial charge >= 0.3 is 0 Å². The van der Waals surface area contributed by atoms with E-state index in [4.69, 9.17) is 9.47 Å². The number of nitrogens with zero attached hydrogens (tertiary/aromatic N) is 1. The summed E-state index contributed by atoms with van der Waals surface area (Å²) in [5.74, 6) is 0.510. The highest BCUT2D eigenvalue weighted by Gasteiger charge is 2.24. The van der Waals surface area contributed by atoms with Crippen LogP contribution in [0.4, 0.5) is 4.39 Å². The van der Waals surface area contributed by atoms with Crippen LogP contribution in [0.15, 0.2) is 61.2 Å². The van der Waals surface area contributed by atoms with Gasteiger partial charge in [-0.25, -0.2) is 4.39 Å². The van der Waals surface area contributed by atoms with Crippen LogP contribution >= 0.6 is 0 Å². The molecule has 0 spiro atoms. The number of morpholine rings is 1. The van der Waals surface area contributed by atoms with Gasteiger partial charge in [-0.3, -0.25) is 4.90 Å². The molecule has 27 heavy (non-hydrogen) atoms. The summed E-state index contributed by atoms with van der Waals surface area (Å²) < 4.78 is 25.0. The fourth-order valence-electron chi connectivity index (χ4n) is 3.28. The maximum absolute atomic E-state index is 13.4. The third kappa shape index (κ3) is 5.63. The van der Waals surface area contributed by atoms with Gasteiger partial charge in [0.05, 0.1) is 12.7 Å². The lowest BCUT2D eigenvalue weighted by molar-refractivity contribution is -0.0460. The molecule has 0 radical (unpaired) electrons. The maximum atomic E-state index is 13.4. The summed E-state index contributed by atoms with van der Waals surface area (Å²) in [5, 5.41) is 10.4. The summed E-state index contributed by atoms with van der Waals surface area (Å²) in [6.45, 7) is 6.37. The number of para-hydroxylation sites is 1. The summed E-state index contributed by atoms with van der Waals surface area (Å²) in [4.78, 5) is 2.13. The van der Waals surface area contributed by atoms with Crippen molar-refractivity contribution in [2.24, 2.45) is 0 Å². The smallest absolute Gasteiger partial charge is 0.123 e. The molecule has 0 amide bonds. The Morgan fingerprint density at radius 3 is 2.96 bits per heavy atom. The number of β-amino-alcohol motifs (C(OH)–C–C–N with tert-alkyl or cyclic N) is 1. The van der Waals surface area contributed by atoms with Crippen LogP contribution in [0.25, 0.3) is 0 Å². The van der Waals surface area contributed by atoms with E-state index >= 15 is 0 Å². The normalized spacial score (nSPS) is 18.8. The zero-order valence-corrected chi connectivity index (χ0v) is 15.4. The molecule has 2 atom stereocenters. The monoisotopic (exact) mass is 371 g/mol. The summed E-state index contributed by atoms with van der Waals surface area (Å²) in [6, 6.07) is 14.3. The lowest BCUT2D eigenvalue weighted by Gasteiger charge is -2.34. The van der Waals surface area contributed by atoms with Crippen molar-refractivity contribution >= 4 is 0 Å². The van der Waals surface area contributed by atoms with Crippen LogP contribution in [0.2, 0.25) is 0 Å². The summed E-state index contributed by atoms with van der Waals surface area (Å²) >= 11 is 0. The van der Waals surface area contributed by atoms with Crippen molar-refractivity contribution in [1.29, 1.82) is 0 Å². The largest absolute Gasteiger partial charge is 0.491 e. The quantitative estimate of drug-likeness (QED) is 0.723. The van der Waals surface area contributed by atoms with E-state index in [2.05, 4.69) is 11.5 Å². The van der Waals surface area contributed by atoms with Crippen molar-refractivity contribution in [3.05, 3.63) is 78.1 Å². The lowest BCUT2D eigenvalue weighted by atomic mass is 10.1. The topological polar surface area (TPSA) is 41.9 Å². The van der Waals surface area contributed by atoms with Crippen LogP contribution in [0.1, 0.15) is 17.2 Å². The van der Waals surface area contributed by atoms with Gasteiger partial charge in [0.15, 0.2) is 0 Å². The van der Waals surface area contributed by atoms with Crippen LogP contribution in [-0.2, 0) is 11.2 Å². The summed E-state index contributed by atoms with van der Waals surface area (Å²) in [6.07, 6.45) is 1.76. The zero-order chi connectivity index (χ0) is 19.1. The molecule has 2 aromatic rings. The highest BCUT2D eigenvalue weighted by atomic mass is 19.1. The number of benzene rings is 2. The summed E-state index contributed by atoms with van der Waals surface area (Å²) in [5.41, 5.74) is 1.88. The van der Waals surface area contributed by atoms with Gasteiger partial charge in [-0.05, 0) is 35.7 Å². The molecule has 0 aromatic heterocycles. The number of aliphatic hydroxyl groups excluding tert-OH is 1. The second kappa shape index (κ2) is 9.65. The second-order valence-electron chi connectivity index (χ2n) is 6.74. The lowest BCUT2D eigenvalue weighted by Crippen LogP contribution is -2.43. The first-order valence-corrected chi connectivity index (χ1v) is 9.25. The standard InChI is InChI=1S/C22H26FNO3/c1-2-6-17-7-3-4-10-21(17)27-16-20(25)14-24-11-12-26-22(15-24)18-8-5-9-19(23)13-18/h2-5,7-10,13,20,22,25H,1,6,11-12,14-16H2. The Labute approximate surface area is 159 Å². The number of hydrogen-bond acceptors (Lipinski definition) is 4. The van der Waals surface area contributed by atoms with Crippen LogP contribution in [0, 0.1) is 5.82 Å². The molecule has 2 aromatic carbocycles. The Morgan fingerprint density at radius 2 is 2.15 bits per heavy atom. The number of allylic oxidation sites excluding steroid dienone is 1. The van der Waals surface area contributed by atoms with E-state index < -0.39 is 6.10 Å². The van der Waals surface area contributed by atoms with Crippen molar-refractivity contribution < 1.29 is 19.0 Å². The number of aliphatic hydroxyl groups is 1. The van der Waals surface area contributed by atoms with Gasteiger partial charge in [-0.1, -0.05) is 36.4 Å². The Morgan fingerprint density at radius 1 is 1.30 bits per heavy atom. The minimum absolute atomic E-state index is 0.184. The van der Waals surface area contributed by atoms with Gasteiger partial charge in [0, 0.05) is 19.6 Å². The zero-order valence-electron chi connectivity index (χ0n) is 15.4. The molecule has 144 valence electrons. The van der Waals surface area contributed by atoms with E-state index in [0.29, 0.717) is 19.7 Å². The Bertz CT molecular complexity index is 752. The highest BCUT2D eigenvalue weighted by Crippen LogP contribution is 2.23. The minimum atomic E-state index is -0.618. The van der Waals surface area contributed by atoms with Crippen LogP contribution in [0.5, 0.6) is 5.75 Å². The van der Waals surface area contributed by atoms with Crippen LogP contribution in [0.3, 0.4) is 0 Å². The molecule has 0 saturated carbocycles. The highest BCUT2D eigenvalue weighted by molar-refractivity contribution is 5.34. The molecule has 1 N–H and O–H groups in total. The van der Waals surface area contributed by atoms with Gasteiger partial charge in [-0.2, -0.15) is 0 Å². The van der Waals surface area contributed by atoms with Crippen molar-refractivity contribution in [2.45, 2.75) is 18.6 Å². The fraction of sp³-hybridized carbons (Fsp3) is 0.364. The molecule has 1 heterocycles. The maximum Gasteiger partial charge on any atom is 0.123 e. The summed E-state index contributed by atoms with van der Waals surface area (Å²) in [7, 11) is 0. The van der Waals surface area contributed by atoms with Gasteiger partial charge in [-0.15, -0.1) is 6.58 Å². The molecule has 0 aliphatic carbocycles. The SMILES string of the molecule is C=CCc1ccccc1OCC(O)CN1CCOC(c2cccc(F)c2)C1. The van der Waals surface area contributed by atoms with E-state index in [-0.39, 0.29) is 18.5 Å². The van der Waals surface area contributed by atoms with E-state index in [1.54, 1.807) is 6.07 Å². The number of halogens is 1.